The van der Waals surface area contributed by atoms with Gasteiger partial charge in [-0.25, -0.2) is 0 Å². The third-order valence-corrected chi connectivity index (χ3v) is 6.30. The Morgan fingerprint density at radius 3 is 1.97 bits per heavy atom. The molecular formula is C24H30F6N4O2. The van der Waals surface area contributed by atoms with Crippen LogP contribution in [0, 0.1) is 11.8 Å². The maximum absolute atomic E-state index is 13.0. The van der Waals surface area contributed by atoms with E-state index in [4.69, 9.17) is 4.52 Å². The smallest absolute Gasteiger partial charge is 0.352 e. The van der Waals surface area contributed by atoms with Crippen LogP contribution in [0.4, 0.5) is 32.3 Å². The fraction of sp³-hybridized carbons (Fsp3) is 0.625. The standard InChI is InChI=1S/C24H30F6N4O2/c1-22(2,3)20-32-21(33-36-20)34(4)13-15-7-5-14(6-8-15)12-31-19(35)16-9-17(23(25,26)27)11-18(10-16)24(28,29)30/h9-11,14-15H,5-8,12-13H2,1-4H3,(H,31,35)/t14-,15-. The number of nitrogens with zero attached hydrogens (tertiary/aromatic N) is 3. The van der Waals surface area contributed by atoms with Gasteiger partial charge >= 0.3 is 12.4 Å². The highest BCUT2D eigenvalue weighted by atomic mass is 19.4. The summed E-state index contributed by atoms with van der Waals surface area (Å²) in [7, 11) is 1.88. The van der Waals surface area contributed by atoms with Crippen LogP contribution in [0.2, 0.25) is 0 Å². The van der Waals surface area contributed by atoms with Crippen LogP contribution in [-0.4, -0.2) is 36.2 Å². The normalized spacial score (nSPS) is 19.3. The Morgan fingerprint density at radius 2 is 1.50 bits per heavy atom. The number of nitrogens with one attached hydrogen (secondary N) is 1. The van der Waals surface area contributed by atoms with Crippen molar-refractivity contribution in [3.8, 4) is 0 Å². The van der Waals surface area contributed by atoms with Gasteiger partial charge in [-0.1, -0.05) is 20.8 Å². The summed E-state index contributed by atoms with van der Waals surface area (Å²) in [6.07, 6.45) is -6.74. The lowest BCUT2D eigenvalue weighted by Crippen LogP contribution is -2.34. The van der Waals surface area contributed by atoms with Gasteiger partial charge in [-0.15, -0.1) is 0 Å². The summed E-state index contributed by atoms with van der Waals surface area (Å²) in [5.74, 6) is 0.540. The van der Waals surface area contributed by atoms with Crippen molar-refractivity contribution < 1.29 is 35.7 Å². The number of amides is 1. The van der Waals surface area contributed by atoms with Gasteiger partial charge < -0.3 is 14.7 Å². The van der Waals surface area contributed by atoms with Gasteiger partial charge in [0.05, 0.1) is 11.1 Å². The number of hydrogen-bond acceptors (Lipinski definition) is 5. The summed E-state index contributed by atoms with van der Waals surface area (Å²) >= 11 is 0. The molecule has 12 heteroatoms. The van der Waals surface area contributed by atoms with Crippen LogP contribution < -0.4 is 10.2 Å². The largest absolute Gasteiger partial charge is 0.416 e. The molecule has 0 spiro atoms. The average Bonchev–Trinajstić information content (AvgIpc) is 3.28. The van der Waals surface area contributed by atoms with E-state index in [-0.39, 0.29) is 23.9 Å². The molecule has 3 rings (SSSR count). The van der Waals surface area contributed by atoms with Crippen molar-refractivity contribution >= 4 is 11.9 Å². The molecule has 0 bridgehead atoms. The monoisotopic (exact) mass is 520 g/mol. The summed E-state index contributed by atoms with van der Waals surface area (Å²) in [6, 6.07) is 0.897. The third-order valence-electron chi connectivity index (χ3n) is 6.30. The predicted molar refractivity (Wildman–Crippen MR) is 120 cm³/mol. The summed E-state index contributed by atoms with van der Waals surface area (Å²) in [6.45, 7) is 6.83. The highest BCUT2D eigenvalue weighted by molar-refractivity contribution is 5.94. The van der Waals surface area contributed by atoms with Crippen molar-refractivity contribution in [1.82, 2.24) is 15.5 Å². The quantitative estimate of drug-likeness (QED) is 0.468. The summed E-state index contributed by atoms with van der Waals surface area (Å²) in [5, 5.41) is 6.54. The van der Waals surface area contributed by atoms with Crippen LogP contribution in [0.15, 0.2) is 22.7 Å². The molecule has 0 atom stereocenters. The minimum Gasteiger partial charge on any atom is -0.352 e. The fourth-order valence-electron chi connectivity index (χ4n) is 4.19. The molecule has 1 aromatic carbocycles. The molecule has 1 saturated carbocycles. The van der Waals surface area contributed by atoms with E-state index in [1.54, 1.807) is 0 Å². The fourth-order valence-corrected chi connectivity index (χ4v) is 4.19. The van der Waals surface area contributed by atoms with E-state index in [0.29, 0.717) is 36.4 Å². The Kier molecular flexibility index (Phi) is 7.95. The molecule has 1 N–H and O–H groups in total. The summed E-state index contributed by atoms with van der Waals surface area (Å²) in [5.41, 5.74) is -3.94. The molecule has 1 fully saturated rings. The maximum Gasteiger partial charge on any atom is 0.416 e. The van der Waals surface area contributed by atoms with Crippen molar-refractivity contribution in [2.75, 3.05) is 25.0 Å². The van der Waals surface area contributed by atoms with E-state index in [0.717, 1.165) is 25.7 Å². The van der Waals surface area contributed by atoms with Crippen LogP contribution in [0.3, 0.4) is 0 Å². The molecule has 1 aromatic heterocycles. The second-order valence-corrected chi connectivity index (χ2v) is 10.4. The molecule has 1 aliphatic carbocycles. The topological polar surface area (TPSA) is 71.3 Å². The van der Waals surface area contributed by atoms with Crippen molar-refractivity contribution in [2.45, 2.75) is 64.2 Å². The molecule has 1 aliphatic rings. The second kappa shape index (κ2) is 10.3. The van der Waals surface area contributed by atoms with Gasteiger partial charge in [0.25, 0.3) is 11.9 Å². The van der Waals surface area contributed by atoms with Crippen molar-refractivity contribution in [1.29, 1.82) is 0 Å². The lowest BCUT2D eigenvalue weighted by atomic mass is 9.81. The zero-order valence-corrected chi connectivity index (χ0v) is 20.6. The number of rotatable bonds is 6. The maximum atomic E-state index is 13.0. The van der Waals surface area contributed by atoms with Gasteiger partial charge in [0.15, 0.2) is 0 Å². The SMILES string of the molecule is CN(C[C@H]1CC[C@H](CNC(=O)c2cc(C(F)(F)F)cc(C(F)(F)F)c2)CC1)c1noc(C(C)(C)C)n1. The number of hydrogen-bond donors (Lipinski definition) is 1. The molecule has 36 heavy (non-hydrogen) atoms. The lowest BCUT2D eigenvalue weighted by molar-refractivity contribution is -0.143. The molecule has 6 nitrogen and oxygen atoms in total. The van der Waals surface area contributed by atoms with Gasteiger partial charge in [0.1, 0.15) is 0 Å². The molecule has 2 aromatic rings. The van der Waals surface area contributed by atoms with Crippen LogP contribution in [-0.2, 0) is 17.8 Å². The Balaban J connectivity index is 1.53. The summed E-state index contributed by atoms with van der Waals surface area (Å²) in [4.78, 5) is 18.8. The lowest BCUT2D eigenvalue weighted by Gasteiger charge is -2.31. The second-order valence-electron chi connectivity index (χ2n) is 10.4. The van der Waals surface area contributed by atoms with E-state index >= 15 is 0 Å². The molecule has 200 valence electrons. The van der Waals surface area contributed by atoms with Gasteiger partial charge in [0, 0.05) is 31.1 Å². The predicted octanol–water partition coefficient (Wildman–Crippen LogP) is 6.08. The van der Waals surface area contributed by atoms with Gasteiger partial charge in [-0.05, 0) is 60.9 Å². The summed E-state index contributed by atoms with van der Waals surface area (Å²) < 4.78 is 83.6. The van der Waals surface area contributed by atoms with Crippen LogP contribution in [0.25, 0.3) is 0 Å². The minimum atomic E-state index is -5.00. The first-order valence-corrected chi connectivity index (χ1v) is 11.7. The van der Waals surface area contributed by atoms with Crippen LogP contribution >= 0.6 is 0 Å². The minimum absolute atomic E-state index is 0.00752. The highest BCUT2D eigenvalue weighted by Crippen LogP contribution is 2.36. The first-order valence-electron chi connectivity index (χ1n) is 11.7. The first kappa shape index (κ1) is 27.8. The average molecular weight is 521 g/mol. The van der Waals surface area contributed by atoms with Crippen molar-refractivity contribution in [3.63, 3.8) is 0 Å². The van der Waals surface area contributed by atoms with E-state index in [9.17, 15) is 31.1 Å². The number of halogens is 6. The zero-order valence-electron chi connectivity index (χ0n) is 20.6. The van der Waals surface area contributed by atoms with Crippen molar-refractivity contribution in [2.24, 2.45) is 11.8 Å². The molecule has 0 saturated heterocycles. The van der Waals surface area contributed by atoms with E-state index < -0.39 is 35.0 Å². The third kappa shape index (κ3) is 7.13. The number of carbonyl (C=O) groups is 1. The van der Waals surface area contributed by atoms with Gasteiger partial charge in [0.2, 0.25) is 5.89 Å². The Morgan fingerprint density at radius 1 is 0.972 bits per heavy atom. The molecule has 0 radical (unpaired) electrons. The Hall–Kier alpha value is -2.79. The highest BCUT2D eigenvalue weighted by Gasteiger charge is 2.37. The molecule has 1 amide bonds. The van der Waals surface area contributed by atoms with Crippen LogP contribution in [0.1, 0.15) is 73.8 Å². The molecule has 0 unspecified atom stereocenters. The molecule has 1 heterocycles. The Labute approximate surface area is 205 Å². The number of anilines is 1. The first-order chi connectivity index (χ1) is 16.5. The van der Waals surface area contributed by atoms with Gasteiger partial charge in [-0.3, -0.25) is 4.79 Å². The number of alkyl halides is 6. The molecule has 0 aliphatic heterocycles. The van der Waals surface area contributed by atoms with E-state index in [1.807, 2.05) is 32.7 Å². The van der Waals surface area contributed by atoms with Crippen LogP contribution in [0.5, 0.6) is 0 Å². The van der Waals surface area contributed by atoms with E-state index in [1.165, 1.54) is 0 Å². The van der Waals surface area contributed by atoms with E-state index in [2.05, 4.69) is 15.5 Å². The van der Waals surface area contributed by atoms with Gasteiger partial charge in [-0.2, -0.15) is 31.3 Å². The Bertz CT molecular complexity index is 1020. The zero-order chi connectivity index (χ0) is 26.9. The number of carbonyl (C=O) groups excluding carboxylic acids is 1. The van der Waals surface area contributed by atoms with Crippen molar-refractivity contribution in [3.05, 3.63) is 40.8 Å². The molecular weight excluding hydrogens is 490 g/mol. The number of aromatic nitrogens is 2. The number of benzene rings is 1.